The molecule has 0 aromatic carbocycles. The van der Waals surface area contributed by atoms with E-state index in [9.17, 15) is 14.4 Å². The largest absolute Gasteiger partial charge is 0.473 e. The van der Waals surface area contributed by atoms with Gasteiger partial charge in [-0.1, -0.05) is 19.9 Å². The van der Waals surface area contributed by atoms with Crippen LogP contribution in [0.4, 0.5) is 4.79 Å². The van der Waals surface area contributed by atoms with E-state index in [4.69, 9.17) is 25.7 Å². The number of carbonyl (C=O) groups is 2. The lowest BCUT2D eigenvalue weighted by Gasteiger charge is -2.37. The summed E-state index contributed by atoms with van der Waals surface area (Å²) >= 11 is 0. The van der Waals surface area contributed by atoms with E-state index < -0.39 is 29.3 Å². The highest BCUT2D eigenvalue weighted by Gasteiger charge is 2.45. The zero-order valence-electron chi connectivity index (χ0n) is 20.5. The number of primary amides is 1. The Morgan fingerprint density at radius 3 is 2.44 bits per heavy atom. The average molecular weight is 472 g/mol. The molecule has 34 heavy (non-hydrogen) atoms. The van der Waals surface area contributed by atoms with Crippen LogP contribution in [-0.4, -0.2) is 34.8 Å². The van der Waals surface area contributed by atoms with Crippen molar-refractivity contribution in [2.24, 2.45) is 22.8 Å². The molecule has 184 valence electrons. The second kappa shape index (κ2) is 10.7. The number of rotatable bonds is 8. The Morgan fingerprint density at radius 2 is 1.88 bits per heavy atom. The second-order valence-corrected chi connectivity index (χ2v) is 9.84. The van der Waals surface area contributed by atoms with Gasteiger partial charge in [0.05, 0.1) is 5.57 Å². The first-order valence-corrected chi connectivity index (χ1v) is 11.0. The molecule has 1 aliphatic carbocycles. The molecule has 2 atom stereocenters. The lowest BCUT2D eigenvalue weighted by molar-refractivity contribution is -0.176. The van der Waals surface area contributed by atoms with Gasteiger partial charge in [-0.15, -0.1) is 0 Å². The molecule has 4 N–H and O–H groups in total. The summed E-state index contributed by atoms with van der Waals surface area (Å²) in [4.78, 5) is 39.7. The molecular weight excluding hydrogens is 438 g/mol. The molecule has 1 aromatic heterocycles. The minimum absolute atomic E-state index is 0.0393. The first-order valence-electron chi connectivity index (χ1n) is 11.0. The Labute approximate surface area is 199 Å². The van der Waals surface area contributed by atoms with E-state index in [1.807, 2.05) is 19.8 Å². The van der Waals surface area contributed by atoms with Crippen LogP contribution >= 0.6 is 0 Å². The molecular formula is C25H33N3O6. The minimum Gasteiger partial charge on any atom is -0.473 e. The van der Waals surface area contributed by atoms with Gasteiger partial charge in [0.25, 0.3) is 0 Å². The fraction of sp³-hybridized carbons (Fsp3) is 0.480. The van der Waals surface area contributed by atoms with E-state index in [1.165, 1.54) is 12.3 Å². The Kier molecular flexibility index (Phi) is 8.42. The summed E-state index contributed by atoms with van der Waals surface area (Å²) in [5, 5.41) is 0. The van der Waals surface area contributed by atoms with Crippen molar-refractivity contribution in [2.45, 2.75) is 66.2 Å². The number of pyridine rings is 1. The molecule has 1 aliphatic rings. The maximum Gasteiger partial charge on any atom is 0.411 e. The van der Waals surface area contributed by atoms with Gasteiger partial charge in [0.2, 0.25) is 5.88 Å². The van der Waals surface area contributed by atoms with Crippen molar-refractivity contribution < 1.29 is 28.6 Å². The smallest absolute Gasteiger partial charge is 0.411 e. The molecule has 0 radical (unpaired) electrons. The van der Waals surface area contributed by atoms with Crippen molar-refractivity contribution in [1.82, 2.24) is 4.98 Å². The summed E-state index contributed by atoms with van der Waals surface area (Å²) in [7, 11) is 0. The number of hydrogen-bond acceptors (Lipinski definition) is 8. The summed E-state index contributed by atoms with van der Waals surface area (Å²) in [6.45, 7) is 11.0. The van der Waals surface area contributed by atoms with Crippen LogP contribution in [0.5, 0.6) is 5.88 Å². The Morgan fingerprint density at radius 1 is 1.21 bits per heavy atom. The predicted molar refractivity (Wildman–Crippen MR) is 127 cm³/mol. The monoisotopic (exact) mass is 471 g/mol. The van der Waals surface area contributed by atoms with Gasteiger partial charge in [-0.25, -0.2) is 14.6 Å². The van der Waals surface area contributed by atoms with Gasteiger partial charge in [-0.3, -0.25) is 10.5 Å². The minimum atomic E-state index is -1.15. The number of amides is 1. The standard InChI is InChI=1S/C25H33N3O6/c1-15(2)13-25(6,22(30)34-24(3,4)5)21(26)32-19-8-7-16(11-18(19)14-29)17-9-10-28-20(12-17)33-23(27)31/h7-10,12,15,21H,11,13,26H2,1-6H3,(H2,27,31). The Hall–Kier alpha value is -3.42. The van der Waals surface area contributed by atoms with E-state index in [0.717, 1.165) is 5.57 Å². The third-order valence-corrected chi connectivity index (χ3v) is 5.11. The number of nitrogens with two attached hydrogens (primary N) is 2. The van der Waals surface area contributed by atoms with Crippen molar-refractivity contribution in [2.75, 3.05) is 0 Å². The number of allylic oxidation sites excluding steroid dienone is 4. The highest BCUT2D eigenvalue weighted by Crippen LogP contribution is 2.37. The first kappa shape index (κ1) is 26.8. The fourth-order valence-corrected chi connectivity index (χ4v) is 3.60. The average Bonchev–Trinajstić information content (AvgIpc) is 2.71. The van der Waals surface area contributed by atoms with Crippen LogP contribution in [0.3, 0.4) is 0 Å². The van der Waals surface area contributed by atoms with E-state index in [1.54, 1.807) is 45.9 Å². The van der Waals surface area contributed by atoms with Crippen LogP contribution < -0.4 is 16.2 Å². The Bertz CT molecular complexity index is 1050. The molecule has 9 heteroatoms. The number of esters is 1. The maximum absolute atomic E-state index is 13.0. The third-order valence-electron chi connectivity index (χ3n) is 5.11. The van der Waals surface area contributed by atoms with Crippen LogP contribution in [0.25, 0.3) is 5.57 Å². The quantitative estimate of drug-likeness (QED) is 0.332. The summed E-state index contributed by atoms with van der Waals surface area (Å²) < 4.78 is 16.4. The topological polar surface area (TPSA) is 144 Å². The Balaban J connectivity index is 2.32. The normalized spacial score (nSPS) is 16.5. The van der Waals surface area contributed by atoms with Crippen molar-refractivity contribution in [1.29, 1.82) is 0 Å². The number of ether oxygens (including phenoxy) is 3. The SMILES string of the molecule is CC(C)CC(C)(C(=O)OC(C)(C)C)C(N)OC1=CC=C(c2ccnc(OC(N)=O)c2)CC1=C=O. The lowest BCUT2D eigenvalue weighted by Crippen LogP contribution is -2.50. The van der Waals surface area contributed by atoms with Gasteiger partial charge in [0.1, 0.15) is 22.7 Å². The number of carbonyl (C=O) groups excluding carboxylic acids is 3. The van der Waals surface area contributed by atoms with E-state index >= 15 is 0 Å². The number of hydrogen-bond donors (Lipinski definition) is 2. The van der Waals surface area contributed by atoms with Crippen molar-refractivity contribution in [3.05, 3.63) is 47.4 Å². The fourth-order valence-electron chi connectivity index (χ4n) is 3.60. The summed E-state index contributed by atoms with van der Waals surface area (Å²) in [5.74, 6) is 1.85. The molecule has 1 amide bonds. The summed E-state index contributed by atoms with van der Waals surface area (Å²) in [6, 6.07) is 3.24. The highest BCUT2D eigenvalue weighted by atomic mass is 16.6. The van der Waals surface area contributed by atoms with Crippen LogP contribution in [0.1, 0.15) is 59.9 Å². The predicted octanol–water partition coefficient (Wildman–Crippen LogP) is 3.66. The van der Waals surface area contributed by atoms with E-state index in [0.29, 0.717) is 12.0 Å². The van der Waals surface area contributed by atoms with Crippen molar-refractivity contribution in [3.8, 4) is 5.88 Å². The van der Waals surface area contributed by atoms with Gasteiger partial charge in [-0.2, -0.15) is 0 Å². The molecule has 0 bridgehead atoms. The molecule has 2 unspecified atom stereocenters. The molecule has 0 saturated heterocycles. The van der Waals surface area contributed by atoms with Crippen molar-refractivity contribution >= 4 is 23.6 Å². The third kappa shape index (κ3) is 7.04. The summed E-state index contributed by atoms with van der Waals surface area (Å²) in [6.07, 6.45) is 3.38. The van der Waals surface area contributed by atoms with Gasteiger partial charge < -0.3 is 19.9 Å². The molecule has 9 nitrogen and oxygen atoms in total. The maximum atomic E-state index is 13.0. The molecule has 0 aliphatic heterocycles. The lowest BCUT2D eigenvalue weighted by atomic mass is 9.80. The molecule has 2 rings (SSSR count). The first-order chi connectivity index (χ1) is 15.7. The van der Waals surface area contributed by atoms with Crippen LogP contribution in [0, 0.1) is 11.3 Å². The van der Waals surface area contributed by atoms with Gasteiger partial charge in [0, 0.05) is 18.7 Å². The van der Waals surface area contributed by atoms with Crippen LogP contribution in [0.2, 0.25) is 0 Å². The van der Waals surface area contributed by atoms with Gasteiger partial charge in [0.15, 0.2) is 6.23 Å². The molecule has 0 spiro atoms. The molecule has 0 fully saturated rings. The zero-order chi connectivity index (χ0) is 25.7. The second-order valence-electron chi connectivity index (χ2n) is 9.84. The van der Waals surface area contributed by atoms with Crippen molar-refractivity contribution in [3.63, 3.8) is 0 Å². The molecule has 1 heterocycles. The van der Waals surface area contributed by atoms with E-state index in [-0.39, 0.29) is 29.6 Å². The summed E-state index contributed by atoms with van der Waals surface area (Å²) in [5.41, 5.74) is 11.2. The number of nitrogens with zero attached hydrogens (tertiary/aromatic N) is 1. The molecule has 1 aromatic rings. The van der Waals surface area contributed by atoms with Gasteiger partial charge in [-0.05, 0) is 63.3 Å². The van der Waals surface area contributed by atoms with Crippen LogP contribution in [0.15, 0.2) is 41.8 Å². The zero-order valence-corrected chi connectivity index (χ0v) is 20.5. The van der Waals surface area contributed by atoms with Crippen LogP contribution in [-0.2, 0) is 19.1 Å². The highest BCUT2D eigenvalue weighted by molar-refractivity contribution is 5.79. The number of aromatic nitrogens is 1. The molecule has 0 saturated carbocycles. The van der Waals surface area contributed by atoms with Gasteiger partial charge >= 0.3 is 12.1 Å². The van der Waals surface area contributed by atoms with E-state index in [2.05, 4.69) is 4.98 Å².